The summed E-state index contributed by atoms with van der Waals surface area (Å²) in [6.07, 6.45) is 11.5. The van der Waals surface area contributed by atoms with Gasteiger partial charge in [0.25, 0.3) is 0 Å². The lowest BCUT2D eigenvalue weighted by molar-refractivity contribution is 0.308. The minimum atomic E-state index is 0.520. The van der Waals surface area contributed by atoms with E-state index in [1.807, 2.05) is 6.92 Å². The van der Waals surface area contributed by atoms with Crippen LogP contribution in [-0.4, -0.2) is 16.6 Å². The Hall–Kier alpha value is -2.34. The summed E-state index contributed by atoms with van der Waals surface area (Å²) in [5.74, 6) is 9.04. The van der Waals surface area contributed by atoms with E-state index in [9.17, 15) is 0 Å². The van der Waals surface area contributed by atoms with E-state index in [0.717, 1.165) is 17.4 Å². The van der Waals surface area contributed by atoms with Gasteiger partial charge in [-0.3, -0.25) is 0 Å². The first-order valence-electron chi connectivity index (χ1n) is 9.85. The Morgan fingerprint density at radius 2 is 1.65 bits per heavy atom. The van der Waals surface area contributed by atoms with Crippen molar-refractivity contribution in [3.8, 4) is 17.6 Å². The van der Waals surface area contributed by atoms with Crippen LogP contribution in [0.3, 0.4) is 0 Å². The van der Waals surface area contributed by atoms with Gasteiger partial charge in [0.15, 0.2) is 5.75 Å². The number of rotatable bonds is 5. The van der Waals surface area contributed by atoms with Crippen LogP contribution in [0.15, 0.2) is 36.7 Å². The summed E-state index contributed by atoms with van der Waals surface area (Å²) in [6.45, 7) is 4.85. The fourth-order valence-electron chi connectivity index (χ4n) is 3.78. The van der Waals surface area contributed by atoms with E-state index in [4.69, 9.17) is 4.74 Å². The predicted molar refractivity (Wildman–Crippen MR) is 105 cm³/mol. The second-order valence-electron chi connectivity index (χ2n) is 7.05. The van der Waals surface area contributed by atoms with Gasteiger partial charge in [-0.1, -0.05) is 37.8 Å². The van der Waals surface area contributed by atoms with Crippen LogP contribution in [-0.2, 0) is 0 Å². The lowest BCUT2D eigenvalue weighted by atomic mass is 9.77. The molecule has 2 aromatic rings. The quantitative estimate of drug-likeness (QED) is 0.683. The van der Waals surface area contributed by atoms with Gasteiger partial charge in [-0.05, 0) is 68.1 Å². The lowest BCUT2D eigenvalue weighted by Crippen LogP contribution is -2.13. The molecule has 0 bridgehead atoms. The maximum absolute atomic E-state index is 5.34. The van der Waals surface area contributed by atoms with Crippen molar-refractivity contribution in [3.63, 3.8) is 0 Å². The van der Waals surface area contributed by atoms with Crippen LogP contribution in [0.25, 0.3) is 0 Å². The minimum Gasteiger partial charge on any atom is -0.491 e. The van der Waals surface area contributed by atoms with E-state index in [1.165, 1.54) is 44.1 Å². The Morgan fingerprint density at radius 3 is 2.27 bits per heavy atom. The fourth-order valence-corrected chi connectivity index (χ4v) is 3.78. The molecule has 0 spiro atoms. The highest BCUT2D eigenvalue weighted by Gasteiger charge is 2.21. The SMILES string of the molecule is CCC[C@H]1CC[C@H](c2ccc(C#Cc3ncc(OCC)cn3)cc2)CC1. The molecule has 0 amide bonds. The molecule has 3 heteroatoms. The van der Waals surface area contributed by atoms with Gasteiger partial charge in [0.05, 0.1) is 19.0 Å². The van der Waals surface area contributed by atoms with Crippen molar-refractivity contribution in [2.45, 2.75) is 58.3 Å². The van der Waals surface area contributed by atoms with Crippen molar-refractivity contribution in [2.24, 2.45) is 5.92 Å². The van der Waals surface area contributed by atoms with Gasteiger partial charge in [0.2, 0.25) is 5.82 Å². The number of ether oxygens (including phenoxy) is 1. The zero-order valence-corrected chi connectivity index (χ0v) is 15.9. The Kier molecular flexibility index (Phi) is 6.66. The molecule has 26 heavy (non-hydrogen) atoms. The van der Waals surface area contributed by atoms with E-state index in [-0.39, 0.29) is 0 Å². The summed E-state index contributed by atoms with van der Waals surface area (Å²) < 4.78 is 5.34. The third-order valence-corrected chi connectivity index (χ3v) is 5.18. The van der Waals surface area contributed by atoms with Crippen molar-refractivity contribution < 1.29 is 4.74 Å². The highest BCUT2D eigenvalue weighted by Crippen LogP contribution is 2.37. The molecule has 1 aliphatic rings. The molecule has 0 aliphatic heterocycles. The topological polar surface area (TPSA) is 35.0 Å². The van der Waals surface area contributed by atoms with Crippen LogP contribution in [0, 0.1) is 17.8 Å². The zero-order valence-electron chi connectivity index (χ0n) is 15.9. The molecular formula is C23H28N2O. The van der Waals surface area contributed by atoms with E-state index < -0.39 is 0 Å². The Balaban J connectivity index is 1.58. The lowest BCUT2D eigenvalue weighted by Gasteiger charge is -2.28. The Morgan fingerprint density at radius 1 is 0.962 bits per heavy atom. The third-order valence-electron chi connectivity index (χ3n) is 5.18. The highest BCUT2D eigenvalue weighted by atomic mass is 16.5. The van der Waals surface area contributed by atoms with Crippen LogP contribution in [0.4, 0.5) is 0 Å². The maximum atomic E-state index is 5.34. The molecule has 1 saturated carbocycles. The minimum absolute atomic E-state index is 0.520. The van der Waals surface area contributed by atoms with E-state index in [2.05, 4.69) is 53.0 Å². The predicted octanol–water partition coefficient (Wildman–Crippen LogP) is 5.35. The number of hydrogen-bond donors (Lipinski definition) is 0. The van der Waals surface area contributed by atoms with E-state index in [0.29, 0.717) is 18.2 Å². The Bertz CT molecular complexity index is 733. The normalized spacial score (nSPS) is 19.5. The smallest absolute Gasteiger partial charge is 0.205 e. The zero-order chi connectivity index (χ0) is 18.2. The number of hydrogen-bond acceptors (Lipinski definition) is 3. The van der Waals surface area contributed by atoms with Gasteiger partial charge in [0, 0.05) is 5.56 Å². The fraction of sp³-hybridized carbons (Fsp3) is 0.478. The largest absolute Gasteiger partial charge is 0.491 e. The Labute approximate surface area is 157 Å². The molecule has 0 N–H and O–H groups in total. The molecule has 0 saturated heterocycles. The van der Waals surface area contributed by atoms with Crippen LogP contribution < -0.4 is 4.74 Å². The summed E-state index contributed by atoms with van der Waals surface area (Å²) in [7, 11) is 0. The molecule has 0 atom stereocenters. The molecule has 136 valence electrons. The van der Waals surface area contributed by atoms with Gasteiger partial charge < -0.3 is 4.74 Å². The first-order valence-corrected chi connectivity index (χ1v) is 9.85. The second-order valence-corrected chi connectivity index (χ2v) is 7.05. The second kappa shape index (κ2) is 9.38. The molecule has 0 radical (unpaired) electrons. The highest BCUT2D eigenvalue weighted by molar-refractivity contribution is 5.40. The van der Waals surface area contributed by atoms with Gasteiger partial charge in [-0.15, -0.1) is 0 Å². The van der Waals surface area contributed by atoms with Crippen LogP contribution in [0.2, 0.25) is 0 Å². The maximum Gasteiger partial charge on any atom is 0.205 e. The molecule has 1 fully saturated rings. The molecule has 1 aromatic heterocycles. The van der Waals surface area contributed by atoms with E-state index >= 15 is 0 Å². The van der Waals surface area contributed by atoms with Crippen molar-refractivity contribution >= 4 is 0 Å². The van der Waals surface area contributed by atoms with Crippen molar-refractivity contribution in [2.75, 3.05) is 6.61 Å². The summed E-state index contributed by atoms with van der Waals surface area (Å²) in [4.78, 5) is 8.43. The van der Waals surface area contributed by atoms with Crippen LogP contribution in [0.1, 0.15) is 75.2 Å². The summed E-state index contributed by atoms with van der Waals surface area (Å²) in [6, 6.07) is 8.73. The molecule has 1 heterocycles. The average Bonchev–Trinajstić information content (AvgIpc) is 2.69. The number of aromatic nitrogens is 2. The molecular weight excluding hydrogens is 320 g/mol. The number of benzene rings is 1. The molecule has 1 aliphatic carbocycles. The van der Waals surface area contributed by atoms with Crippen LogP contribution in [0.5, 0.6) is 5.75 Å². The van der Waals surface area contributed by atoms with E-state index in [1.54, 1.807) is 12.4 Å². The van der Waals surface area contributed by atoms with Gasteiger partial charge in [-0.25, -0.2) is 9.97 Å². The number of nitrogens with zero attached hydrogens (tertiary/aromatic N) is 2. The summed E-state index contributed by atoms with van der Waals surface area (Å²) in [5, 5.41) is 0. The van der Waals surface area contributed by atoms with Crippen molar-refractivity contribution in [3.05, 3.63) is 53.6 Å². The molecule has 3 nitrogen and oxygen atoms in total. The average molecular weight is 348 g/mol. The summed E-state index contributed by atoms with van der Waals surface area (Å²) in [5.41, 5.74) is 2.47. The van der Waals surface area contributed by atoms with Crippen LogP contribution >= 0.6 is 0 Å². The third kappa shape index (κ3) is 5.08. The van der Waals surface area contributed by atoms with Crippen molar-refractivity contribution in [1.82, 2.24) is 9.97 Å². The first kappa shape index (κ1) is 18.5. The van der Waals surface area contributed by atoms with Gasteiger partial charge >= 0.3 is 0 Å². The molecule has 1 aromatic carbocycles. The summed E-state index contributed by atoms with van der Waals surface area (Å²) >= 11 is 0. The molecule has 3 rings (SSSR count). The standard InChI is InChI=1S/C23H28N2O/c1-3-5-18-6-11-20(12-7-18)21-13-8-19(9-14-21)10-15-23-24-16-22(17-25-23)26-4-2/h8-9,13-14,16-18,20H,3-7,11-12H2,1-2H3/t18-,20-. The molecule has 0 unspecified atom stereocenters. The first-order chi connectivity index (χ1) is 12.8. The monoisotopic (exact) mass is 348 g/mol. The van der Waals surface area contributed by atoms with Crippen molar-refractivity contribution in [1.29, 1.82) is 0 Å². The van der Waals surface area contributed by atoms with Gasteiger partial charge in [0.1, 0.15) is 0 Å². The van der Waals surface area contributed by atoms with Gasteiger partial charge in [-0.2, -0.15) is 0 Å².